The van der Waals surface area contributed by atoms with E-state index in [9.17, 15) is 14.4 Å². The van der Waals surface area contributed by atoms with E-state index in [1.807, 2.05) is 13.8 Å². The zero-order valence-electron chi connectivity index (χ0n) is 11.9. The fourth-order valence-corrected chi connectivity index (χ4v) is 2.44. The second-order valence-corrected chi connectivity index (χ2v) is 5.56. The highest BCUT2D eigenvalue weighted by Crippen LogP contribution is 2.25. The van der Waals surface area contributed by atoms with Gasteiger partial charge in [0.1, 0.15) is 11.8 Å². The largest absolute Gasteiger partial charge is 0.467 e. The van der Waals surface area contributed by atoms with Crippen LogP contribution < -0.4 is 5.32 Å². The highest BCUT2D eigenvalue weighted by Gasteiger charge is 2.34. The Bertz CT molecular complexity index is 351. The molecule has 1 aliphatic rings. The fourth-order valence-electron chi connectivity index (χ4n) is 2.44. The van der Waals surface area contributed by atoms with Gasteiger partial charge >= 0.3 is 5.97 Å². The molecule has 1 saturated carbocycles. The van der Waals surface area contributed by atoms with Crippen LogP contribution in [0.2, 0.25) is 0 Å². The minimum atomic E-state index is -0.694. The van der Waals surface area contributed by atoms with Crippen LogP contribution in [-0.2, 0) is 19.1 Å². The van der Waals surface area contributed by atoms with Crippen LogP contribution in [-0.4, -0.2) is 30.8 Å². The molecule has 0 saturated heterocycles. The first kappa shape index (κ1) is 15.7. The topological polar surface area (TPSA) is 72.5 Å². The third-order valence-electron chi connectivity index (χ3n) is 3.36. The predicted octanol–water partition coefficient (Wildman–Crippen LogP) is 1.45. The van der Waals surface area contributed by atoms with Gasteiger partial charge in [-0.2, -0.15) is 0 Å². The summed E-state index contributed by atoms with van der Waals surface area (Å²) in [5.74, 6) is -0.375. The molecule has 0 aromatic heterocycles. The molecule has 2 atom stereocenters. The molecule has 0 heterocycles. The molecular weight excluding hydrogens is 246 g/mol. The van der Waals surface area contributed by atoms with Crippen molar-refractivity contribution in [2.45, 2.75) is 52.0 Å². The summed E-state index contributed by atoms with van der Waals surface area (Å²) in [4.78, 5) is 35.1. The number of hydrogen-bond donors (Lipinski definition) is 1. The fraction of sp³-hybridized carbons (Fsp3) is 0.786. The lowest BCUT2D eigenvalue weighted by atomic mass is 9.83. The number of Topliss-reactive ketones (excluding diaryl/α,β-unsaturated/α-hetero) is 1. The number of amides is 1. The average molecular weight is 269 g/mol. The molecule has 0 aliphatic heterocycles. The molecule has 0 radical (unpaired) electrons. The second kappa shape index (κ2) is 7.26. The summed E-state index contributed by atoms with van der Waals surface area (Å²) < 4.78 is 4.74. The van der Waals surface area contributed by atoms with Crippen molar-refractivity contribution in [2.24, 2.45) is 11.8 Å². The number of nitrogens with one attached hydrogen (secondary N) is 1. The van der Waals surface area contributed by atoms with Crippen LogP contribution in [0.25, 0.3) is 0 Å². The lowest BCUT2D eigenvalue weighted by Crippen LogP contribution is -2.48. The Morgan fingerprint density at radius 2 is 2.11 bits per heavy atom. The number of hydrogen-bond acceptors (Lipinski definition) is 4. The molecule has 1 aliphatic carbocycles. The molecule has 1 N–H and O–H groups in total. The van der Waals surface area contributed by atoms with E-state index in [-0.39, 0.29) is 23.5 Å². The van der Waals surface area contributed by atoms with Gasteiger partial charge < -0.3 is 10.1 Å². The minimum absolute atomic E-state index is 0.134. The van der Waals surface area contributed by atoms with Crippen LogP contribution in [0.15, 0.2) is 0 Å². The minimum Gasteiger partial charge on any atom is -0.467 e. The molecule has 1 fully saturated rings. The van der Waals surface area contributed by atoms with Gasteiger partial charge in [-0.25, -0.2) is 4.79 Å². The van der Waals surface area contributed by atoms with Crippen LogP contribution in [0.5, 0.6) is 0 Å². The number of ketones is 1. The van der Waals surface area contributed by atoms with Crippen LogP contribution in [0.1, 0.15) is 46.0 Å². The molecule has 108 valence electrons. The summed E-state index contributed by atoms with van der Waals surface area (Å²) in [5, 5.41) is 2.72. The van der Waals surface area contributed by atoms with Gasteiger partial charge in [0.15, 0.2) is 0 Å². The Morgan fingerprint density at radius 3 is 2.63 bits per heavy atom. The molecule has 0 aromatic carbocycles. The van der Waals surface area contributed by atoms with E-state index in [0.717, 1.165) is 12.8 Å². The molecule has 5 nitrogen and oxygen atoms in total. The highest BCUT2D eigenvalue weighted by atomic mass is 16.5. The van der Waals surface area contributed by atoms with Crippen molar-refractivity contribution < 1.29 is 19.1 Å². The monoisotopic (exact) mass is 269 g/mol. The van der Waals surface area contributed by atoms with Crippen molar-refractivity contribution >= 4 is 17.7 Å². The Hall–Kier alpha value is -1.39. The van der Waals surface area contributed by atoms with Gasteiger partial charge in [-0.1, -0.05) is 13.8 Å². The molecule has 1 rings (SSSR count). The van der Waals surface area contributed by atoms with E-state index < -0.39 is 12.0 Å². The van der Waals surface area contributed by atoms with Crippen molar-refractivity contribution in [3.8, 4) is 0 Å². The first-order valence-electron chi connectivity index (χ1n) is 6.83. The quantitative estimate of drug-likeness (QED) is 0.767. The molecule has 0 aromatic rings. The Morgan fingerprint density at radius 1 is 1.42 bits per heavy atom. The van der Waals surface area contributed by atoms with Gasteiger partial charge in [-0.3, -0.25) is 9.59 Å². The van der Waals surface area contributed by atoms with Crippen molar-refractivity contribution in [3.63, 3.8) is 0 Å². The van der Waals surface area contributed by atoms with E-state index >= 15 is 0 Å². The second-order valence-electron chi connectivity index (χ2n) is 5.56. The van der Waals surface area contributed by atoms with Crippen molar-refractivity contribution in [1.29, 1.82) is 0 Å². The Balaban J connectivity index is 2.68. The highest BCUT2D eigenvalue weighted by molar-refractivity contribution is 5.86. The Labute approximate surface area is 114 Å². The number of methoxy groups -OCH3 is 1. The SMILES string of the molecule is COC(=O)[C@H](NC(=O)CC(C)C)[C@@H]1CCCC(=O)C1. The Kier molecular flexibility index (Phi) is 5.99. The summed E-state index contributed by atoms with van der Waals surface area (Å²) in [6.07, 6.45) is 2.84. The third-order valence-corrected chi connectivity index (χ3v) is 3.36. The van der Waals surface area contributed by atoms with Crippen LogP contribution in [0.4, 0.5) is 0 Å². The maximum absolute atomic E-state index is 11.8. The lowest BCUT2D eigenvalue weighted by Gasteiger charge is -2.28. The smallest absolute Gasteiger partial charge is 0.328 e. The zero-order valence-corrected chi connectivity index (χ0v) is 11.9. The van der Waals surface area contributed by atoms with Gasteiger partial charge in [0.25, 0.3) is 0 Å². The van der Waals surface area contributed by atoms with E-state index in [1.54, 1.807) is 0 Å². The molecule has 0 spiro atoms. The molecule has 5 heteroatoms. The van der Waals surface area contributed by atoms with Gasteiger partial charge in [-0.15, -0.1) is 0 Å². The molecule has 1 amide bonds. The van der Waals surface area contributed by atoms with Crippen molar-refractivity contribution in [3.05, 3.63) is 0 Å². The first-order chi connectivity index (χ1) is 8.93. The first-order valence-corrected chi connectivity index (χ1v) is 6.83. The number of carbonyl (C=O) groups is 3. The van der Waals surface area contributed by atoms with Crippen molar-refractivity contribution in [2.75, 3.05) is 7.11 Å². The van der Waals surface area contributed by atoms with Gasteiger partial charge in [0, 0.05) is 19.3 Å². The van der Waals surface area contributed by atoms with Crippen LogP contribution in [0, 0.1) is 11.8 Å². The summed E-state index contributed by atoms with van der Waals surface area (Å²) in [6, 6.07) is -0.694. The van der Waals surface area contributed by atoms with Gasteiger partial charge in [-0.05, 0) is 24.7 Å². The van der Waals surface area contributed by atoms with Crippen molar-refractivity contribution in [1.82, 2.24) is 5.32 Å². The summed E-state index contributed by atoms with van der Waals surface area (Å²) in [6.45, 7) is 3.88. The molecular formula is C14H23NO4. The molecule has 19 heavy (non-hydrogen) atoms. The average Bonchev–Trinajstić information content (AvgIpc) is 2.34. The summed E-state index contributed by atoms with van der Waals surface area (Å²) in [5.41, 5.74) is 0. The standard InChI is InChI=1S/C14H23NO4/c1-9(2)7-12(17)15-13(14(18)19-3)10-5-4-6-11(16)8-10/h9-10,13H,4-8H2,1-3H3,(H,15,17)/t10-,13-/m1/s1. The van der Waals surface area contributed by atoms with Crippen LogP contribution >= 0.6 is 0 Å². The number of esters is 1. The number of rotatable bonds is 5. The van der Waals surface area contributed by atoms with Gasteiger partial charge in [0.05, 0.1) is 7.11 Å². The third kappa shape index (κ3) is 5.01. The maximum atomic E-state index is 11.8. The van der Waals surface area contributed by atoms with Crippen LogP contribution in [0.3, 0.4) is 0 Å². The van der Waals surface area contributed by atoms with Gasteiger partial charge in [0.2, 0.25) is 5.91 Å². The van der Waals surface area contributed by atoms with E-state index in [0.29, 0.717) is 19.3 Å². The van der Waals surface area contributed by atoms with E-state index in [4.69, 9.17) is 4.74 Å². The number of ether oxygens (including phenoxy) is 1. The number of carbonyl (C=O) groups excluding carboxylic acids is 3. The molecule has 0 bridgehead atoms. The van der Waals surface area contributed by atoms with E-state index in [2.05, 4.69) is 5.32 Å². The maximum Gasteiger partial charge on any atom is 0.328 e. The normalized spacial score (nSPS) is 21.1. The predicted molar refractivity (Wildman–Crippen MR) is 70.4 cm³/mol. The van der Waals surface area contributed by atoms with E-state index in [1.165, 1.54) is 7.11 Å². The summed E-state index contributed by atoms with van der Waals surface area (Å²) in [7, 11) is 1.30. The lowest BCUT2D eigenvalue weighted by molar-refractivity contribution is -0.147. The summed E-state index contributed by atoms with van der Waals surface area (Å²) >= 11 is 0. The molecule has 0 unspecified atom stereocenters. The zero-order chi connectivity index (χ0) is 14.4.